The van der Waals surface area contributed by atoms with Crippen molar-refractivity contribution in [2.24, 2.45) is 20.4 Å². The van der Waals surface area contributed by atoms with E-state index in [2.05, 4.69) is 40.3 Å². The van der Waals surface area contributed by atoms with Crippen molar-refractivity contribution in [2.45, 2.75) is 0 Å². The molecule has 0 fully saturated rings. The van der Waals surface area contributed by atoms with Crippen LogP contribution in [0.3, 0.4) is 0 Å². The van der Waals surface area contributed by atoms with Crippen molar-refractivity contribution in [1.82, 2.24) is 19.9 Å². The number of hydrogen-bond acceptors (Lipinski definition) is 10. The Hall–Kier alpha value is -6.06. The molecule has 2 aromatic carbocycles. The smallest absolute Gasteiger partial charge is 0.857 e. The van der Waals surface area contributed by atoms with Crippen LogP contribution >= 0.6 is 0 Å². The molecule has 0 N–H and O–H groups in total. The van der Waals surface area contributed by atoms with Gasteiger partial charge in [0.25, 0.3) is 0 Å². The second-order valence-electron chi connectivity index (χ2n) is 9.30. The molecule has 0 saturated heterocycles. The van der Waals surface area contributed by atoms with Crippen LogP contribution in [0.25, 0.3) is 0 Å². The van der Waals surface area contributed by atoms with Gasteiger partial charge in [-0.2, -0.15) is 10.2 Å². The quantitative estimate of drug-likeness (QED) is 0.103. The molecular weight excluding hydrogens is 642 g/mol. The molecule has 0 aliphatic rings. The number of rotatable bonds is 8. The first-order valence-electron chi connectivity index (χ1n) is 14.1. The summed E-state index contributed by atoms with van der Waals surface area (Å²) in [6, 6.07) is 39.4. The molecule has 0 saturated carbocycles. The molecule has 0 amide bonds. The van der Waals surface area contributed by atoms with Crippen molar-refractivity contribution in [3.05, 3.63) is 192 Å². The molecule has 0 atom stereocenters. The van der Waals surface area contributed by atoms with Gasteiger partial charge in [-0.15, -0.1) is 10.2 Å². The minimum absolute atomic E-state index is 0. The molecule has 224 valence electrons. The van der Waals surface area contributed by atoms with Crippen molar-refractivity contribution in [1.29, 1.82) is 0 Å². The molecule has 0 bridgehead atoms. The van der Waals surface area contributed by atoms with Gasteiger partial charge in [0.2, 0.25) is 0 Å². The van der Waals surface area contributed by atoms with Gasteiger partial charge in [0.05, 0.1) is 22.8 Å². The van der Waals surface area contributed by atoms with Crippen LogP contribution in [0.2, 0.25) is 0 Å². The summed E-state index contributed by atoms with van der Waals surface area (Å²) in [6.45, 7) is 0. The van der Waals surface area contributed by atoms with Crippen LogP contribution in [-0.2, 0) is 19.5 Å². The SMILES string of the molecule is [O-]/C(=N\N=C(c1ccccn1)c1ccccn1)c1ccccc1.[O-]/C(=N\N=C(c1ccccn1)c1ccccn1)c1ccccc1.[Zn+2]. The third-order valence-electron chi connectivity index (χ3n) is 6.15. The second kappa shape index (κ2) is 18.0. The maximum absolute atomic E-state index is 12.1. The van der Waals surface area contributed by atoms with Crippen LogP contribution in [0, 0.1) is 0 Å². The zero-order valence-corrected chi connectivity index (χ0v) is 28.1. The standard InChI is InChI=1S/2C18H14N4O.Zn/c2*23-18(14-8-2-1-3-9-14)22-21-17(15-10-4-6-12-19-15)16-11-5-7-13-20-16;/h2*1-13H,(H,22,23);/q;;+2/p-2. The van der Waals surface area contributed by atoms with Gasteiger partial charge in [-0.3, -0.25) is 19.9 Å². The van der Waals surface area contributed by atoms with Crippen molar-refractivity contribution < 1.29 is 29.7 Å². The fourth-order valence-electron chi connectivity index (χ4n) is 3.95. The summed E-state index contributed by atoms with van der Waals surface area (Å²) in [4.78, 5) is 17.1. The Morgan fingerprint density at radius 2 is 0.638 bits per heavy atom. The summed E-state index contributed by atoms with van der Waals surface area (Å²) >= 11 is 0. The van der Waals surface area contributed by atoms with Crippen molar-refractivity contribution in [2.75, 3.05) is 0 Å². The van der Waals surface area contributed by atoms with E-state index in [1.807, 2.05) is 60.7 Å². The topological polar surface area (TPSA) is 147 Å². The molecule has 47 heavy (non-hydrogen) atoms. The fourth-order valence-corrected chi connectivity index (χ4v) is 3.95. The summed E-state index contributed by atoms with van der Waals surface area (Å²) in [5.41, 5.74) is 4.31. The van der Waals surface area contributed by atoms with E-state index in [9.17, 15) is 10.2 Å². The number of nitrogens with zero attached hydrogens (tertiary/aromatic N) is 8. The third kappa shape index (κ3) is 9.97. The Labute approximate surface area is 284 Å². The van der Waals surface area contributed by atoms with Gasteiger partial charge >= 0.3 is 19.5 Å². The summed E-state index contributed by atoms with van der Waals surface area (Å²) in [7, 11) is 0. The molecule has 0 radical (unpaired) electrons. The molecule has 0 unspecified atom stereocenters. The molecule has 4 heterocycles. The van der Waals surface area contributed by atoms with E-state index in [1.165, 1.54) is 0 Å². The van der Waals surface area contributed by atoms with Crippen LogP contribution in [0.4, 0.5) is 0 Å². The van der Waals surface area contributed by atoms with Crippen LogP contribution in [0.1, 0.15) is 33.9 Å². The second-order valence-corrected chi connectivity index (χ2v) is 9.30. The molecule has 11 heteroatoms. The molecule has 0 aliphatic heterocycles. The zero-order chi connectivity index (χ0) is 31.8. The first-order chi connectivity index (χ1) is 22.7. The predicted molar refractivity (Wildman–Crippen MR) is 174 cm³/mol. The van der Waals surface area contributed by atoms with E-state index in [-0.39, 0.29) is 19.5 Å². The van der Waals surface area contributed by atoms with E-state index < -0.39 is 11.8 Å². The number of benzene rings is 2. The van der Waals surface area contributed by atoms with Crippen molar-refractivity contribution in [3.8, 4) is 0 Å². The minimum atomic E-state index is -0.407. The Bertz CT molecular complexity index is 1700. The van der Waals surface area contributed by atoms with Gasteiger partial charge in [-0.05, 0) is 59.7 Å². The Morgan fingerprint density at radius 3 is 0.894 bits per heavy atom. The largest absolute Gasteiger partial charge is 2.00 e. The maximum Gasteiger partial charge on any atom is 2.00 e. The molecule has 0 spiro atoms. The monoisotopic (exact) mass is 666 g/mol. The van der Waals surface area contributed by atoms with Gasteiger partial charge in [-0.1, -0.05) is 84.9 Å². The van der Waals surface area contributed by atoms with Crippen LogP contribution in [-0.4, -0.2) is 43.2 Å². The molecule has 10 nitrogen and oxygen atoms in total. The first kappa shape index (κ1) is 33.8. The Kier molecular flexibility index (Phi) is 13.0. The van der Waals surface area contributed by atoms with Gasteiger partial charge in [0.15, 0.2) is 0 Å². The zero-order valence-electron chi connectivity index (χ0n) is 25.1. The summed E-state index contributed by atoms with van der Waals surface area (Å²) in [6.07, 6.45) is 6.64. The van der Waals surface area contributed by atoms with E-state index in [1.54, 1.807) is 97.6 Å². The van der Waals surface area contributed by atoms with Crippen LogP contribution in [0.15, 0.2) is 179 Å². The first-order valence-corrected chi connectivity index (χ1v) is 14.1. The van der Waals surface area contributed by atoms with E-state index >= 15 is 0 Å². The Morgan fingerprint density at radius 1 is 0.362 bits per heavy atom. The summed E-state index contributed by atoms with van der Waals surface area (Å²) in [5, 5.41) is 40.0. The Balaban J connectivity index is 0.000000208. The maximum atomic E-state index is 12.1. The van der Waals surface area contributed by atoms with Crippen molar-refractivity contribution in [3.63, 3.8) is 0 Å². The third-order valence-corrected chi connectivity index (χ3v) is 6.15. The number of pyridine rings is 4. The normalized spacial score (nSPS) is 10.8. The number of hydrogen-bond donors (Lipinski definition) is 0. The van der Waals surface area contributed by atoms with Gasteiger partial charge < -0.3 is 10.2 Å². The summed E-state index contributed by atoms with van der Waals surface area (Å²) < 4.78 is 0. The summed E-state index contributed by atoms with van der Waals surface area (Å²) in [5.74, 6) is -0.815. The van der Waals surface area contributed by atoms with E-state index in [0.29, 0.717) is 45.3 Å². The van der Waals surface area contributed by atoms with Crippen LogP contribution < -0.4 is 10.2 Å². The minimum Gasteiger partial charge on any atom is -0.857 e. The van der Waals surface area contributed by atoms with Gasteiger partial charge in [0, 0.05) is 36.6 Å². The molecule has 4 aromatic heterocycles. The number of aromatic nitrogens is 4. The van der Waals surface area contributed by atoms with E-state index in [0.717, 1.165) is 0 Å². The van der Waals surface area contributed by atoms with Crippen molar-refractivity contribution >= 4 is 23.2 Å². The molecule has 6 aromatic rings. The van der Waals surface area contributed by atoms with Gasteiger partial charge in [0.1, 0.15) is 11.4 Å². The predicted octanol–water partition coefficient (Wildman–Crippen LogP) is 4.07. The van der Waals surface area contributed by atoms with Gasteiger partial charge in [-0.25, -0.2) is 0 Å². The molecular formula is C36H26N8O2Zn. The van der Waals surface area contributed by atoms with E-state index in [4.69, 9.17) is 0 Å². The molecule has 6 rings (SSSR count). The van der Waals surface area contributed by atoms with Crippen LogP contribution in [0.5, 0.6) is 0 Å². The average molecular weight is 668 g/mol. The average Bonchev–Trinajstić information content (AvgIpc) is 3.14. The fraction of sp³-hybridized carbons (Fsp3) is 0. The molecule has 0 aliphatic carbocycles.